The van der Waals surface area contributed by atoms with Gasteiger partial charge >= 0.3 is 0 Å². The highest BCUT2D eigenvalue weighted by Gasteiger charge is 2.19. The largest absolute Gasteiger partial charge is 0.288 e. The summed E-state index contributed by atoms with van der Waals surface area (Å²) in [5, 5.41) is 0. The van der Waals surface area contributed by atoms with Crippen molar-refractivity contribution in [2.75, 3.05) is 26.4 Å². The van der Waals surface area contributed by atoms with Crippen molar-refractivity contribution in [1.29, 1.82) is 0 Å². The van der Waals surface area contributed by atoms with Gasteiger partial charge in [0.1, 0.15) is 0 Å². The van der Waals surface area contributed by atoms with E-state index < -0.39 is 0 Å². The van der Waals surface area contributed by atoms with Gasteiger partial charge in [-0.2, -0.15) is 0 Å². The standard InChI is InChI=1S/C8H16NP/c1-7-5-10(9(3)4)6-8(7)2/h5-6H2,1-4H3. The van der Waals surface area contributed by atoms with E-state index in [1.807, 2.05) is 0 Å². The Bertz CT molecular complexity index is 147. The maximum Gasteiger partial charge on any atom is 0.00213 e. The highest BCUT2D eigenvalue weighted by molar-refractivity contribution is 7.56. The molecule has 2 heteroatoms. The Balaban J connectivity index is 2.51. The molecule has 0 radical (unpaired) electrons. The SMILES string of the molecule is CC1=C(C)CP(N(C)C)C1. The van der Waals surface area contributed by atoms with Crippen molar-refractivity contribution in [2.24, 2.45) is 0 Å². The number of nitrogens with zero attached hydrogens (tertiary/aromatic N) is 1. The van der Waals surface area contributed by atoms with E-state index in [9.17, 15) is 0 Å². The van der Waals surface area contributed by atoms with Crippen LogP contribution in [0.1, 0.15) is 13.8 Å². The van der Waals surface area contributed by atoms with Gasteiger partial charge in [0.15, 0.2) is 0 Å². The molecule has 0 atom stereocenters. The Kier molecular flexibility index (Phi) is 2.49. The predicted molar refractivity (Wildman–Crippen MR) is 48.7 cm³/mol. The van der Waals surface area contributed by atoms with E-state index in [4.69, 9.17) is 0 Å². The van der Waals surface area contributed by atoms with Crippen molar-refractivity contribution in [3.8, 4) is 0 Å². The van der Waals surface area contributed by atoms with Crippen LogP contribution < -0.4 is 0 Å². The first kappa shape index (κ1) is 8.23. The predicted octanol–water partition coefficient (Wildman–Crippen LogP) is 2.29. The molecule has 0 aromatic rings. The Labute approximate surface area is 64.9 Å². The number of hydrogen-bond acceptors (Lipinski definition) is 1. The monoisotopic (exact) mass is 157 g/mol. The fourth-order valence-electron chi connectivity index (χ4n) is 1.16. The minimum atomic E-state index is 0.176. The zero-order chi connectivity index (χ0) is 7.72. The number of hydrogen-bond donors (Lipinski definition) is 0. The molecule has 0 spiro atoms. The summed E-state index contributed by atoms with van der Waals surface area (Å²) in [6.45, 7) is 4.53. The van der Waals surface area contributed by atoms with Gasteiger partial charge in [0.05, 0.1) is 0 Å². The molecular formula is C8H16NP. The molecule has 1 heterocycles. The smallest absolute Gasteiger partial charge is 0.00213 e. The Morgan fingerprint density at radius 1 is 1.10 bits per heavy atom. The van der Waals surface area contributed by atoms with Crippen molar-refractivity contribution < 1.29 is 0 Å². The van der Waals surface area contributed by atoms with Crippen molar-refractivity contribution in [3.05, 3.63) is 11.1 Å². The van der Waals surface area contributed by atoms with Crippen LogP contribution in [-0.4, -0.2) is 31.1 Å². The van der Waals surface area contributed by atoms with E-state index >= 15 is 0 Å². The molecule has 0 unspecified atom stereocenters. The first-order valence-corrected chi connectivity index (χ1v) is 5.35. The van der Waals surface area contributed by atoms with Crippen molar-refractivity contribution in [2.45, 2.75) is 13.8 Å². The molecule has 0 fully saturated rings. The molecule has 0 aliphatic carbocycles. The van der Waals surface area contributed by atoms with Crippen LogP contribution >= 0.6 is 8.07 Å². The van der Waals surface area contributed by atoms with Crippen LogP contribution in [0.3, 0.4) is 0 Å². The zero-order valence-electron chi connectivity index (χ0n) is 7.31. The van der Waals surface area contributed by atoms with Crippen LogP contribution in [-0.2, 0) is 0 Å². The molecule has 0 saturated heterocycles. The molecule has 0 amide bonds. The molecule has 0 aromatic heterocycles. The van der Waals surface area contributed by atoms with Crippen LogP contribution in [0.25, 0.3) is 0 Å². The molecule has 0 N–H and O–H groups in total. The topological polar surface area (TPSA) is 3.24 Å². The molecule has 10 heavy (non-hydrogen) atoms. The summed E-state index contributed by atoms with van der Waals surface area (Å²) in [7, 11) is 4.56. The lowest BCUT2D eigenvalue weighted by molar-refractivity contribution is 0.679. The normalized spacial score (nSPS) is 21.3. The summed E-state index contributed by atoms with van der Waals surface area (Å²) in [6.07, 6.45) is 2.68. The average molecular weight is 157 g/mol. The van der Waals surface area contributed by atoms with Crippen LogP contribution in [0.5, 0.6) is 0 Å². The lowest BCUT2D eigenvalue weighted by atomic mass is 10.2. The summed E-state index contributed by atoms with van der Waals surface area (Å²) in [4.78, 5) is 0. The molecule has 1 aliphatic rings. The van der Waals surface area contributed by atoms with Crippen molar-refractivity contribution >= 4 is 8.07 Å². The molecule has 0 saturated carbocycles. The Morgan fingerprint density at radius 3 is 1.70 bits per heavy atom. The minimum absolute atomic E-state index is 0.176. The maximum absolute atomic E-state index is 2.38. The van der Waals surface area contributed by atoms with Gasteiger partial charge in [-0.05, 0) is 36.0 Å². The highest BCUT2D eigenvalue weighted by atomic mass is 31.1. The zero-order valence-corrected chi connectivity index (χ0v) is 8.20. The summed E-state index contributed by atoms with van der Waals surface area (Å²) < 4.78 is 2.38. The second-order valence-corrected chi connectivity index (χ2v) is 5.68. The van der Waals surface area contributed by atoms with Gasteiger partial charge in [-0.3, -0.25) is 4.67 Å². The van der Waals surface area contributed by atoms with E-state index in [2.05, 4.69) is 32.6 Å². The second-order valence-electron chi connectivity index (χ2n) is 3.23. The lowest BCUT2D eigenvalue weighted by Gasteiger charge is -2.18. The van der Waals surface area contributed by atoms with Crippen LogP contribution in [0.4, 0.5) is 0 Å². The Morgan fingerprint density at radius 2 is 1.50 bits per heavy atom. The molecular weight excluding hydrogens is 141 g/mol. The van der Waals surface area contributed by atoms with Crippen molar-refractivity contribution in [3.63, 3.8) is 0 Å². The lowest BCUT2D eigenvalue weighted by Crippen LogP contribution is -2.05. The highest BCUT2D eigenvalue weighted by Crippen LogP contribution is 2.47. The Hall–Kier alpha value is 0.130. The van der Waals surface area contributed by atoms with Gasteiger partial charge in [0.25, 0.3) is 0 Å². The number of allylic oxidation sites excluding steroid dienone is 2. The van der Waals surface area contributed by atoms with Crippen LogP contribution in [0.2, 0.25) is 0 Å². The third-order valence-corrected chi connectivity index (χ3v) is 4.94. The fraction of sp³-hybridized carbons (Fsp3) is 0.750. The quantitative estimate of drug-likeness (QED) is 0.417. The molecule has 0 bridgehead atoms. The summed E-state index contributed by atoms with van der Waals surface area (Å²) >= 11 is 0. The van der Waals surface area contributed by atoms with E-state index in [1.54, 1.807) is 11.1 Å². The fourth-order valence-corrected chi connectivity index (χ4v) is 3.47. The second kappa shape index (κ2) is 3.02. The van der Waals surface area contributed by atoms with E-state index in [0.29, 0.717) is 0 Å². The van der Waals surface area contributed by atoms with Crippen LogP contribution in [0, 0.1) is 0 Å². The maximum atomic E-state index is 2.38. The third-order valence-electron chi connectivity index (χ3n) is 2.13. The van der Waals surface area contributed by atoms with E-state index in [-0.39, 0.29) is 8.07 Å². The minimum Gasteiger partial charge on any atom is -0.288 e. The average Bonchev–Trinajstić information content (AvgIpc) is 2.13. The molecule has 1 nitrogen and oxygen atoms in total. The van der Waals surface area contributed by atoms with Crippen molar-refractivity contribution in [1.82, 2.24) is 4.67 Å². The van der Waals surface area contributed by atoms with Gasteiger partial charge in [0, 0.05) is 12.3 Å². The number of rotatable bonds is 1. The molecule has 58 valence electrons. The first-order valence-electron chi connectivity index (χ1n) is 3.68. The summed E-state index contributed by atoms with van der Waals surface area (Å²) in [5.74, 6) is 0. The van der Waals surface area contributed by atoms with Gasteiger partial charge in [-0.1, -0.05) is 11.1 Å². The summed E-state index contributed by atoms with van der Waals surface area (Å²) in [6, 6.07) is 0. The van der Waals surface area contributed by atoms with Crippen LogP contribution in [0.15, 0.2) is 11.1 Å². The van der Waals surface area contributed by atoms with Gasteiger partial charge < -0.3 is 0 Å². The van der Waals surface area contributed by atoms with Gasteiger partial charge in [0.2, 0.25) is 0 Å². The molecule has 1 rings (SSSR count). The van der Waals surface area contributed by atoms with Gasteiger partial charge in [-0.15, -0.1) is 0 Å². The van der Waals surface area contributed by atoms with Gasteiger partial charge in [-0.25, -0.2) is 0 Å². The summed E-state index contributed by atoms with van der Waals surface area (Å²) in [5.41, 5.74) is 3.25. The first-order chi connectivity index (χ1) is 4.61. The third kappa shape index (κ3) is 1.59. The molecule has 0 aromatic carbocycles. The molecule has 1 aliphatic heterocycles. The van der Waals surface area contributed by atoms with E-state index in [0.717, 1.165) is 0 Å². The van der Waals surface area contributed by atoms with E-state index in [1.165, 1.54) is 12.3 Å².